The maximum Gasteiger partial charge on any atom is 0.335 e. The minimum Gasteiger partial charge on any atom is -0.478 e. The Morgan fingerprint density at radius 2 is 2.06 bits per heavy atom. The number of aromatic carboxylic acids is 1. The molecule has 5 rings (SSSR count). The maximum absolute atomic E-state index is 11.2. The van der Waals surface area contributed by atoms with E-state index < -0.39 is 11.8 Å². The van der Waals surface area contributed by atoms with Crippen molar-refractivity contribution in [2.45, 2.75) is 64.4 Å². The molecular formula is C26H30N2O4. The summed E-state index contributed by atoms with van der Waals surface area (Å²) >= 11 is 0. The van der Waals surface area contributed by atoms with Crippen LogP contribution >= 0.6 is 0 Å². The first kappa shape index (κ1) is 21.2. The number of benzene rings is 1. The van der Waals surface area contributed by atoms with E-state index in [0.29, 0.717) is 5.92 Å². The quantitative estimate of drug-likeness (QED) is 0.684. The van der Waals surface area contributed by atoms with Crippen LogP contribution in [0.4, 0.5) is 0 Å². The van der Waals surface area contributed by atoms with Gasteiger partial charge in [-0.1, -0.05) is 32.4 Å². The highest BCUT2D eigenvalue weighted by Crippen LogP contribution is 2.58. The van der Waals surface area contributed by atoms with Gasteiger partial charge in [-0.05, 0) is 61.1 Å². The summed E-state index contributed by atoms with van der Waals surface area (Å²) < 4.78 is 15.3. The fourth-order valence-electron chi connectivity index (χ4n) is 5.64. The molecule has 1 aromatic carbocycles. The molecule has 2 aromatic rings. The lowest BCUT2D eigenvalue weighted by atomic mass is 9.62. The summed E-state index contributed by atoms with van der Waals surface area (Å²) in [6, 6.07) is 6.83. The number of hydrogen-bond acceptors (Lipinski definition) is 4. The normalized spacial score (nSPS) is 31.3. The van der Waals surface area contributed by atoms with E-state index in [0.717, 1.165) is 42.6 Å². The van der Waals surface area contributed by atoms with Crippen molar-refractivity contribution in [3.8, 4) is 5.69 Å². The van der Waals surface area contributed by atoms with Gasteiger partial charge in [0, 0.05) is 11.8 Å². The summed E-state index contributed by atoms with van der Waals surface area (Å²) in [5.41, 5.74) is 4.37. The van der Waals surface area contributed by atoms with Crippen LogP contribution in [-0.4, -0.2) is 38.9 Å². The van der Waals surface area contributed by atoms with E-state index in [2.05, 4.69) is 38.5 Å². The van der Waals surface area contributed by atoms with Crippen molar-refractivity contribution < 1.29 is 19.4 Å². The van der Waals surface area contributed by atoms with E-state index in [9.17, 15) is 9.90 Å². The molecule has 6 nitrogen and oxygen atoms in total. The van der Waals surface area contributed by atoms with E-state index in [1.54, 1.807) is 24.3 Å². The predicted molar refractivity (Wildman–Crippen MR) is 122 cm³/mol. The molecule has 6 heteroatoms. The van der Waals surface area contributed by atoms with Gasteiger partial charge in [0.25, 0.3) is 0 Å². The second-order valence-corrected chi connectivity index (χ2v) is 9.75. The van der Waals surface area contributed by atoms with Crippen LogP contribution in [0.3, 0.4) is 0 Å². The summed E-state index contributed by atoms with van der Waals surface area (Å²) in [5.74, 6) is -1.25. The summed E-state index contributed by atoms with van der Waals surface area (Å²) in [6.45, 7) is 10.6. The lowest BCUT2D eigenvalue weighted by molar-refractivity contribution is -0.248. The van der Waals surface area contributed by atoms with Crippen molar-refractivity contribution >= 4 is 12.0 Å². The summed E-state index contributed by atoms with van der Waals surface area (Å²) in [5, 5.41) is 13.8. The number of ether oxygens (including phenoxy) is 2. The highest BCUT2D eigenvalue weighted by Gasteiger charge is 2.61. The Balaban J connectivity index is 1.53. The molecule has 1 saturated carbocycles. The highest BCUT2D eigenvalue weighted by molar-refractivity contribution is 5.87. The standard InChI is InChI=1S/C26H30N2O4/c1-5-22-23(16(2)3)32-26(31-22)12-6-7-19-13-21-18(14-25(19,26)4)15-27-28(21)20-10-8-17(9-11-20)24(29)30/h5,8-11,13,15-16,22-23H,1,6-7,12,14H2,2-4H3,(H,29,30)/t22-,23-,25?,26?/m1/s1. The molecule has 2 aliphatic carbocycles. The van der Waals surface area contributed by atoms with Crippen LogP contribution in [0, 0.1) is 11.3 Å². The van der Waals surface area contributed by atoms with Crippen LogP contribution in [0.2, 0.25) is 0 Å². The molecule has 1 aliphatic heterocycles. The molecule has 4 atom stereocenters. The van der Waals surface area contributed by atoms with Crippen LogP contribution in [0.1, 0.15) is 61.6 Å². The Morgan fingerprint density at radius 1 is 1.31 bits per heavy atom. The SMILES string of the molecule is C=C[C@H]1OC2(CCCC3=Cc4c(cnn4-c4ccc(C(=O)O)cc4)CC32C)O[C@@H]1C(C)C. The Kier molecular flexibility index (Phi) is 4.91. The zero-order chi connectivity index (χ0) is 22.7. The van der Waals surface area contributed by atoms with Crippen LogP contribution in [0.5, 0.6) is 0 Å². The minimum absolute atomic E-state index is 0.000505. The largest absolute Gasteiger partial charge is 0.478 e. The van der Waals surface area contributed by atoms with Crippen molar-refractivity contribution in [1.29, 1.82) is 0 Å². The highest BCUT2D eigenvalue weighted by atomic mass is 16.8. The first-order valence-electron chi connectivity index (χ1n) is 11.4. The molecule has 0 radical (unpaired) electrons. The van der Waals surface area contributed by atoms with Gasteiger partial charge in [-0.25, -0.2) is 9.48 Å². The van der Waals surface area contributed by atoms with Gasteiger partial charge in [0.1, 0.15) is 6.10 Å². The van der Waals surface area contributed by atoms with Gasteiger partial charge in [-0.3, -0.25) is 0 Å². The minimum atomic E-state index is -0.932. The third kappa shape index (κ3) is 3.00. The van der Waals surface area contributed by atoms with Gasteiger partial charge in [-0.2, -0.15) is 5.10 Å². The first-order valence-corrected chi connectivity index (χ1v) is 11.4. The molecule has 2 unspecified atom stereocenters. The Labute approximate surface area is 188 Å². The average Bonchev–Trinajstić information content (AvgIpc) is 3.35. The summed E-state index contributed by atoms with van der Waals surface area (Å²) in [7, 11) is 0. The van der Waals surface area contributed by atoms with Gasteiger partial charge in [0.05, 0.1) is 29.2 Å². The smallest absolute Gasteiger partial charge is 0.335 e. The first-order chi connectivity index (χ1) is 15.3. The number of carbonyl (C=O) groups is 1. The van der Waals surface area contributed by atoms with Crippen LogP contribution in [0.15, 0.2) is 48.7 Å². The topological polar surface area (TPSA) is 73.6 Å². The van der Waals surface area contributed by atoms with E-state index in [1.807, 2.05) is 17.0 Å². The molecule has 2 heterocycles. The number of rotatable bonds is 4. The van der Waals surface area contributed by atoms with E-state index in [1.165, 1.54) is 5.57 Å². The Bertz CT molecular complexity index is 1100. The number of carboxylic acid groups (broad SMARTS) is 1. The van der Waals surface area contributed by atoms with Crippen molar-refractivity contribution in [3.63, 3.8) is 0 Å². The third-order valence-electron chi connectivity index (χ3n) is 7.47. The third-order valence-corrected chi connectivity index (χ3v) is 7.47. The lowest BCUT2D eigenvalue weighted by Gasteiger charge is -2.51. The van der Waals surface area contributed by atoms with Crippen molar-refractivity contribution in [1.82, 2.24) is 9.78 Å². The molecule has 0 amide bonds. The summed E-state index contributed by atoms with van der Waals surface area (Å²) in [4.78, 5) is 11.2. The molecule has 2 fully saturated rings. The fourth-order valence-corrected chi connectivity index (χ4v) is 5.64. The number of hydrogen-bond donors (Lipinski definition) is 1. The monoisotopic (exact) mass is 434 g/mol. The number of fused-ring (bicyclic) bond motifs is 3. The molecule has 168 valence electrons. The van der Waals surface area contributed by atoms with Crippen molar-refractivity contribution in [2.75, 3.05) is 0 Å². The molecule has 1 aromatic heterocycles. The van der Waals surface area contributed by atoms with Gasteiger partial charge < -0.3 is 14.6 Å². The van der Waals surface area contributed by atoms with E-state index >= 15 is 0 Å². The molecule has 1 spiro atoms. The van der Waals surface area contributed by atoms with Crippen molar-refractivity contribution in [3.05, 3.63) is 65.5 Å². The second kappa shape index (κ2) is 7.42. The average molecular weight is 435 g/mol. The van der Waals surface area contributed by atoms with E-state index in [4.69, 9.17) is 9.47 Å². The number of aromatic nitrogens is 2. The van der Waals surface area contributed by atoms with Gasteiger partial charge in [0.2, 0.25) is 0 Å². The van der Waals surface area contributed by atoms with Crippen LogP contribution in [-0.2, 0) is 15.9 Å². The Morgan fingerprint density at radius 3 is 2.69 bits per heavy atom. The lowest BCUT2D eigenvalue weighted by Crippen LogP contribution is -2.53. The zero-order valence-corrected chi connectivity index (χ0v) is 18.9. The van der Waals surface area contributed by atoms with Gasteiger partial charge >= 0.3 is 5.97 Å². The molecular weight excluding hydrogens is 404 g/mol. The maximum atomic E-state index is 11.2. The van der Waals surface area contributed by atoms with Crippen LogP contribution in [0.25, 0.3) is 11.8 Å². The summed E-state index contributed by atoms with van der Waals surface area (Å²) in [6.07, 6.45) is 9.60. The van der Waals surface area contributed by atoms with Gasteiger partial charge in [-0.15, -0.1) is 6.58 Å². The molecule has 32 heavy (non-hydrogen) atoms. The predicted octanol–water partition coefficient (Wildman–Crippen LogP) is 5.02. The van der Waals surface area contributed by atoms with Crippen LogP contribution < -0.4 is 0 Å². The zero-order valence-electron chi connectivity index (χ0n) is 18.9. The van der Waals surface area contributed by atoms with Gasteiger partial charge in [0.15, 0.2) is 5.79 Å². The number of carboxylic acids is 1. The second-order valence-electron chi connectivity index (χ2n) is 9.75. The number of nitrogens with zero attached hydrogens (tertiary/aromatic N) is 2. The van der Waals surface area contributed by atoms with Crippen molar-refractivity contribution in [2.24, 2.45) is 11.3 Å². The fraction of sp³-hybridized carbons (Fsp3) is 0.462. The molecule has 0 bridgehead atoms. The Hall–Kier alpha value is -2.70. The molecule has 1 saturated heterocycles. The molecule has 3 aliphatic rings. The van der Waals surface area contributed by atoms with E-state index in [-0.39, 0.29) is 23.2 Å². The molecule has 1 N–H and O–H groups in total.